The van der Waals surface area contributed by atoms with Crippen LogP contribution in [0.25, 0.3) is 0 Å². The van der Waals surface area contributed by atoms with Gasteiger partial charge in [-0.15, -0.1) is 0 Å². The minimum atomic E-state index is 0.126. The number of likely N-dealkylation sites (N-methyl/N-ethyl adjacent to an activating group) is 2. The molecule has 0 aromatic carbocycles. The van der Waals surface area contributed by atoms with Gasteiger partial charge < -0.3 is 9.80 Å². The van der Waals surface area contributed by atoms with E-state index >= 15 is 0 Å². The Morgan fingerprint density at radius 2 is 1.30 bits per heavy atom. The van der Waals surface area contributed by atoms with Crippen molar-refractivity contribution in [2.45, 2.75) is 25.9 Å². The number of hydrogen-bond acceptors (Lipinski definition) is 4. The highest BCUT2D eigenvalue weighted by molar-refractivity contribution is 5.78. The van der Waals surface area contributed by atoms with E-state index in [0.717, 1.165) is 13.1 Å². The van der Waals surface area contributed by atoms with Gasteiger partial charge in [0.1, 0.15) is 0 Å². The molecule has 1 fully saturated rings. The van der Waals surface area contributed by atoms with Crippen LogP contribution in [-0.4, -0.2) is 97.9 Å². The summed E-state index contributed by atoms with van der Waals surface area (Å²) >= 11 is 0. The molecule has 0 unspecified atom stereocenters. The third-order valence-electron chi connectivity index (χ3n) is 3.85. The van der Waals surface area contributed by atoms with Crippen LogP contribution in [0, 0.1) is 0 Å². The van der Waals surface area contributed by atoms with Crippen LogP contribution in [-0.2, 0) is 9.59 Å². The summed E-state index contributed by atoms with van der Waals surface area (Å²) in [5.41, 5.74) is 0. The molecule has 0 aromatic heterocycles. The van der Waals surface area contributed by atoms with Gasteiger partial charge in [-0.05, 0) is 13.8 Å². The summed E-state index contributed by atoms with van der Waals surface area (Å²) in [5, 5.41) is 0. The molecule has 6 heteroatoms. The Hall–Kier alpha value is -1.14. The first-order valence-corrected chi connectivity index (χ1v) is 7.10. The van der Waals surface area contributed by atoms with Crippen molar-refractivity contribution in [1.29, 1.82) is 0 Å². The summed E-state index contributed by atoms with van der Waals surface area (Å²) in [6.45, 7) is 6.79. The van der Waals surface area contributed by atoms with Gasteiger partial charge >= 0.3 is 0 Å². The number of carbonyl (C=O) groups excluding carboxylic acids is 2. The van der Waals surface area contributed by atoms with Crippen molar-refractivity contribution in [2.24, 2.45) is 0 Å². The van der Waals surface area contributed by atoms with E-state index in [-0.39, 0.29) is 23.9 Å². The highest BCUT2D eigenvalue weighted by Gasteiger charge is 2.31. The van der Waals surface area contributed by atoms with Crippen molar-refractivity contribution in [1.82, 2.24) is 19.6 Å². The molecule has 0 radical (unpaired) electrons. The predicted molar refractivity (Wildman–Crippen MR) is 79.5 cm³/mol. The molecule has 0 aliphatic carbocycles. The zero-order chi connectivity index (χ0) is 15.4. The van der Waals surface area contributed by atoms with Crippen LogP contribution in [0.15, 0.2) is 0 Å². The van der Waals surface area contributed by atoms with Gasteiger partial charge in [0.2, 0.25) is 11.8 Å². The number of amides is 2. The number of nitrogens with zero attached hydrogens (tertiary/aromatic N) is 4. The number of rotatable bonds is 4. The second-order valence-corrected chi connectivity index (χ2v) is 6.14. The van der Waals surface area contributed by atoms with E-state index in [4.69, 9.17) is 0 Å². The molecule has 1 rings (SSSR count). The Bertz CT molecular complexity index is 345. The first kappa shape index (κ1) is 16.9. The van der Waals surface area contributed by atoms with E-state index in [1.54, 1.807) is 38.0 Å². The van der Waals surface area contributed by atoms with Crippen LogP contribution < -0.4 is 0 Å². The summed E-state index contributed by atoms with van der Waals surface area (Å²) in [5.74, 6) is 0.253. The van der Waals surface area contributed by atoms with Crippen LogP contribution in [0.1, 0.15) is 13.8 Å². The molecule has 1 aliphatic heterocycles. The van der Waals surface area contributed by atoms with Crippen LogP contribution in [0.3, 0.4) is 0 Å². The zero-order valence-electron chi connectivity index (χ0n) is 13.6. The molecule has 0 bridgehead atoms. The predicted octanol–water partition coefficient (Wildman–Crippen LogP) is -0.443. The quantitative estimate of drug-likeness (QED) is 0.702. The maximum Gasteiger partial charge on any atom is 0.236 e. The highest BCUT2D eigenvalue weighted by atomic mass is 16.2. The molecular formula is C14H28N4O2. The summed E-state index contributed by atoms with van der Waals surface area (Å²) < 4.78 is 0. The van der Waals surface area contributed by atoms with E-state index in [1.165, 1.54) is 0 Å². The Morgan fingerprint density at radius 1 is 0.900 bits per heavy atom. The van der Waals surface area contributed by atoms with Gasteiger partial charge in [-0.25, -0.2) is 0 Å². The van der Waals surface area contributed by atoms with Gasteiger partial charge in [-0.3, -0.25) is 19.4 Å². The van der Waals surface area contributed by atoms with Gasteiger partial charge in [-0.1, -0.05) is 0 Å². The molecule has 0 aromatic rings. The third-order valence-corrected chi connectivity index (χ3v) is 3.85. The van der Waals surface area contributed by atoms with Crippen LogP contribution in [0.2, 0.25) is 0 Å². The second-order valence-electron chi connectivity index (χ2n) is 6.14. The maximum atomic E-state index is 11.9. The van der Waals surface area contributed by atoms with E-state index < -0.39 is 0 Å². The monoisotopic (exact) mass is 284 g/mol. The second kappa shape index (κ2) is 7.04. The third kappa shape index (κ3) is 4.45. The van der Waals surface area contributed by atoms with E-state index in [0.29, 0.717) is 13.1 Å². The lowest BCUT2D eigenvalue weighted by Crippen LogP contribution is -2.59. The minimum Gasteiger partial charge on any atom is -0.348 e. The van der Waals surface area contributed by atoms with Crippen molar-refractivity contribution in [2.75, 3.05) is 54.4 Å². The fourth-order valence-electron chi connectivity index (χ4n) is 2.54. The molecule has 0 spiro atoms. The molecule has 1 aliphatic rings. The number of hydrogen-bond donors (Lipinski definition) is 0. The SMILES string of the molecule is C[C@@H]1CN(CC(=O)N(C)C)C[C@H](C)N1CC(=O)N(C)C. The van der Waals surface area contributed by atoms with E-state index in [1.807, 2.05) is 0 Å². The molecule has 2 amide bonds. The molecular weight excluding hydrogens is 256 g/mol. The fraction of sp³-hybridized carbons (Fsp3) is 0.857. The van der Waals surface area contributed by atoms with Crippen LogP contribution in [0.5, 0.6) is 0 Å². The van der Waals surface area contributed by atoms with Gasteiger partial charge in [0.05, 0.1) is 13.1 Å². The molecule has 20 heavy (non-hydrogen) atoms. The average molecular weight is 284 g/mol. The molecule has 1 saturated heterocycles. The Kier molecular flexibility index (Phi) is 5.95. The zero-order valence-corrected chi connectivity index (χ0v) is 13.6. The average Bonchev–Trinajstić information content (AvgIpc) is 2.33. The summed E-state index contributed by atoms with van der Waals surface area (Å²) in [4.78, 5) is 31.3. The largest absolute Gasteiger partial charge is 0.348 e. The standard InChI is InChI=1S/C14H28N4O2/c1-11-7-17(9-13(19)15(3)4)8-12(2)18(11)10-14(20)16(5)6/h11-12H,7-10H2,1-6H3/t11-,12+. The smallest absolute Gasteiger partial charge is 0.236 e. The van der Waals surface area contributed by atoms with Gasteiger partial charge in [0, 0.05) is 53.4 Å². The highest BCUT2D eigenvalue weighted by Crippen LogP contribution is 2.15. The van der Waals surface area contributed by atoms with Crippen molar-refractivity contribution in [3.05, 3.63) is 0 Å². The minimum absolute atomic E-state index is 0.126. The van der Waals surface area contributed by atoms with Crippen molar-refractivity contribution < 1.29 is 9.59 Å². The van der Waals surface area contributed by atoms with Gasteiger partial charge in [0.15, 0.2) is 0 Å². The first-order chi connectivity index (χ1) is 9.22. The normalized spacial score (nSPS) is 24.5. The summed E-state index contributed by atoms with van der Waals surface area (Å²) in [6.07, 6.45) is 0. The lowest BCUT2D eigenvalue weighted by atomic mass is 10.1. The Morgan fingerprint density at radius 3 is 1.70 bits per heavy atom. The first-order valence-electron chi connectivity index (χ1n) is 7.10. The van der Waals surface area contributed by atoms with E-state index in [9.17, 15) is 9.59 Å². The fourth-order valence-corrected chi connectivity index (χ4v) is 2.54. The molecule has 1 heterocycles. The lowest BCUT2D eigenvalue weighted by molar-refractivity contribution is -0.134. The van der Waals surface area contributed by atoms with Crippen LogP contribution >= 0.6 is 0 Å². The van der Waals surface area contributed by atoms with Crippen molar-refractivity contribution >= 4 is 11.8 Å². The van der Waals surface area contributed by atoms with Gasteiger partial charge in [-0.2, -0.15) is 0 Å². The topological polar surface area (TPSA) is 47.1 Å². The lowest BCUT2D eigenvalue weighted by Gasteiger charge is -2.44. The Labute approximate surface area is 122 Å². The Balaban J connectivity index is 2.58. The molecule has 0 saturated carbocycles. The summed E-state index contributed by atoms with van der Waals surface area (Å²) in [7, 11) is 7.12. The van der Waals surface area contributed by atoms with E-state index in [2.05, 4.69) is 23.6 Å². The van der Waals surface area contributed by atoms with Crippen molar-refractivity contribution in [3.63, 3.8) is 0 Å². The maximum absolute atomic E-state index is 11.9. The molecule has 116 valence electrons. The molecule has 2 atom stereocenters. The van der Waals surface area contributed by atoms with Crippen molar-refractivity contribution in [3.8, 4) is 0 Å². The molecule has 6 nitrogen and oxygen atoms in total. The number of piperazine rings is 1. The van der Waals surface area contributed by atoms with Crippen LogP contribution in [0.4, 0.5) is 0 Å². The number of carbonyl (C=O) groups is 2. The summed E-state index contributed by atoms with van der Waals surface area (Å²) in [6, 6.07) is 0.551. The molecule has 0 N–H and O–H groups in total. The van der Waals surface area contributed by atoms with Gasteiger partial charge in [0.25, 0.3) is 0 Å².